The molecule has 0 fully saturated rings. The Balaban J connectivity index is 0.000000107. The number of furan rings is 4. The molecule has 0 radical (unpaired) electrons. The number of benzene rings is 22. The van der Waals surface area contributed by atoms with Crippen LogP contribution in [-0.2, 0) is 0 Å². The van der Waals surface area contributed by atoms with E-state index in [1.807, 2.05) is 127 Å². The van der Waals surface area contributed by atoms with Crippen LogP contribution in [0.5, 0.6) is 0 Å². The lowest BCUT2D eigenvalue weighted by Gasteiger charge is -2.16. The summed E-state index contributed by atoms with van der Waals surface area (Å²) >= 11 is 0. The van der Waals surface area contributed by atoms with Crippen molar-refractivity contribution in [2.45, 2.75) is 0 Å². The minimum absolute atomic E-state index is 0.850. The number of rotatable bonds is 12. The quantitative estimate of drug-likeness (QED) is 0.109. The SMILES string of the molecule is c1ccc(-c2nc3ccc4c(-c5ccc(-c6cccc7oc8ccccc8c67)c6ccccc56)cccc4c3nc2-c2ccccc2)cc1.c1ccc(-c2nc3ccc4cc(-c5ccc(-c6cccc7oc8ccccc8c67)cc5)ccc4c3nc2-c2ccccc2)cc1.c1ccc2nc(-c3ccc(-c4cccc5oc6ccccc6c45)cc3)c(-c3ccc(-c4cccc5oc6ccccc6c45)cc3)nc2c1. The first-order valence-corrected chi connectivity index (χ1v) is 47.8. The van der Waals surface area contributed by atoms with Crippen molar-refractivity contribution in [1.82, 2.24) is 29.9 Å². The summed E-state index contributed by atoms with van der Waals surface area (Å²) < 4.78 is 24.7. The first-order chi connectivity index (χ1) is 70.4. The molecule has 10 nitrogen and oxygen atoms in total. The third kappa shape index (κ3) is 14.4. The molecular formula is C132H80N6O4. The number of aromatic nitrogens is 6. The minimum atomic E-state index is 0.850. The largest absolute Gasteiger partial charge is 0.456 e. The molecule has 7 heterocycles. The van der Waals surface area contributed by atoms with Crippen LogP contribution >= 0.6 is 0 Å². The zero-order valence-electron chi connectivity index (χ0n) is 76.5. The Bertz CT molecular complexity index is 9840. The molecule has 7 aromatic heterocycles. The van der Waals surface area contributed by atoms with Gasteiger partial charge in [-0.1, -0.05) is 406 Å². The Morgan fingerprint density at radius 1 is 0.127 bits per heavy atom. The van der Waals surface area contributed by atoms with E-state index in [0.29, 0.717) is 0 Å². The monoisotopic (exact) mass is 1810 g/mol. The molecule has 142 heavy (non-hydrogen) atoms. The molecule has 29 aromatic rings. The number of hydrogen-bond donors (Lipinski definition) is 0. The number of nitrogens with zero attached hydrogens (tertiary/aromatic N) is 6. The van der Waals surface area contributed by atoms with Crippen molar-refractivity contribution in [3.8, 4) is 134 Å². The standard InChI is InChI=1S/C46H28N2O.C44H26N2O2.C42H26N2O/c1-3-13-29(14-4-1)44-45(30-15-5-2-6-16-30)48-46-38-22-11-20-33(36(38)27-28-40(46)47-44)34-25-26-35(32-18-8-7-17-31(32)34)37-21-12-24-42-43(37)39-19-9-10-23-41(39)49-42;1-5-15-37-33(9-1)41-31(11-7-17-39(41)47-37)27-19-23-29(24-20-27)43-44(46-36-14-4-3-13-35(36)45-43)30-25-21-28(22-26-30)32-12-8-18-40-42(32)34-10-2-6-16-38(34)48-40;1-3-10-29(11-4-1)40-41(30-12-5-2-6-13-30)44-42-34-24-22-31(26-32(34)23-25-36(42)43-40)27-18-20-28(21-19-27)33-15-9-17-38-39(33)35-14-7-8-16-37(35)45-38/h1-28H;1-26H;1-26H. The molecule has 0 atom stereocenters. The minimum Gasteiger partial charge on any atom is -0.456 e. The summed E-state index contributed by atoms with van der Waals surface area (Å²) in [4.78, 5) is 31.4. The van der Waals surface area contributed by atoms with Crippen LogP contribution in [0, 0.1) is 0 Å². The molecule has 0 unspecified atom stereocenters. The van der Waals surface area contributed by atoms with Crippen molar-refractivity contribution in [3.63, 3.8) is 0 Å². The molecule has 0 aliphatic carbocycles. The second kappa shape index (κ2) is 34.6. The van der Waals surface area contributed by atoms with Crippen LogP contribution in [0.25, 0.3) is 287 Å². The van der Waals surface area contributed by atoms with E-state index in [9.17, 15) is 0 Å². The molecule has 0 spiro atoms. The van der Waals surface area contributed by atoms with Crippen LogP contribution in [-0.4, -0.2) is 29.9 Å². The molecule has 0 N–H and O–H groups in total. The molecule has 0 amide bonds. The zero-order valence-corrected chi connectivity index (χ0v) is 76.5. The fourth-order valence-corrected chi connectivity index (χ4v) is 21.0. The van der Waals surface area contributed by atoms with Crippen LogP contribution in [0.15, 0.2) is 503 Å². The molecule has 10 heteroatoms. The maximum Gasteiger partial charge on any atom is 0.136 e. The summed E-state index contributed by atoms with van der Waals surface area (Å²) in [6.45, 7) is 0. The Morgan fingerprint density at radius 3 is 0.789 bits per heavy atom. The van der Waals surface area contributed by atoms with Gasteiger partial charge in [0.25, 0.3) is 0 Å². The van der Waals surface area contributed by atoms with Gasteiger partial charge in [-0.05, 0) is 167 Å². The molecule has 22 aromatic carbocycles. The summed E-state index contributed by atoms with van der Waals surface area (Å²) in [5.74, 6) is 0. The molecule has 0 aliphatic rings. The van der Waals surface area contributed by atoms with Crippen molar-refractivity contribution in [2.24, 2.45) is 0 Å². The van der Waals surface area contributed by atoms with Crippen molar-refractivity contribution < 1.29 is 17.7 Å². The highest BCUT2D eigenvalue weighted by Crippen LogP contribution is 2.48. The van der Waals surface area contributed by atoms with E-state index in [-0.39, 0.29) is 0 Å². The van der Waals surface area contributed by atoms with Gasteiger partial charge in [-0.25, -0.2) is 29.9 Å². The molecule has 29 rings (SSSR count). The Kier molecular flexibility index (Phi) is 20.0. The number of fused-ring (bicyclic) bond motifs is 20. The maximum atomic E-state index is 6.26. The lowest BCUT2D eigenvalue weighted by atomic mass is 9.89. The Morgan fingerprint density at radius 2 is 0.380 bits per heavy atom. The summed E-state index contributed by atoms with van der Waals surface area (Å²) in [5, 5.41) is 16.0. The van der Waals surface area contributed by atoms with E-state index in [2.05, 4.69) is 358 Å². The van der Waals surface area contributed by atoms with Crippen LogP contribution in [0.4, 0.5) is 0 Å². The van der Waals surface area contributed by atoms with E-state index in [1.54, 1.807) is 0 Å². The summed E-state index contributed by atoms with van der Waals surface area (Å²) in [5.41, 5.74) is 37.9. The number of para-hydroxylation sites is 6. The first kappa shape index (κ1) is 82.3. The average molecular weight is 1810 g/mol. The van der Waals surface area contributed by atoms with Gasteiger partial charge < -0.3 is 17.7 Å². The van der Waals surface area contributed by atoms with E-state index >= 15 is 0 Å². The van der Waals surface area contributed by atoms with Crippen molar-refractivity contribution in [2.75, 3.05) is 0 Å². The van der Waals surface area contributed by atoms with Crippen molar-refractivity contribution in [1.29, 1.82) is 0 Å². The van der Waals surface area contributed by atoms with Gasteiger partial charge in [-0.3, -0.25) is 0 Å². The summed E-state index contributed by atoms with van der Waals surface area (Å²) in [6, 6.07) is 169. The highest BCUT2D eigenvalue weighted by atomic mass is 16.3. The molecule has 0 saturated carbocycles. The van der Waals surface area contributed by atoms with Gasteiger partial charge in [0, 0.05) is 87.2 Å². The van der Waals surface area contributed by atoms with Crippen LogP contribution in [0.1, 0.15) is 0 Å². The Hall–Kier alpha value is -19.2. The smallest absolute Gasteiger partial charge is 0.136 e. The zero-order chi connectivity index (χ0) is 93.7. The highest BCUT2D eigenvalue weighted by Gasteiger charge is 2.25. The molecular weight excluding hydrogens is 1730 g/mol. The normalized spacial score (nSPS) is 11.7. The fraction of sp³-hybridized carbons (Fsp3) is 0. The van der Waals surface area contributed by atoms with Gasteiger partial charge in [-0.2, -0.15) is 0 Å². The fourth-order valence-electron chi connectivity index (χ4n) is 21.0. The van der Waals surface area contributed by atoms with Crippen molar-refractivity contribution in [3.05, 3.63) is 485 Å². The highest BCUT2D eigenvalue weighted by molar-refractivity contribution is 6.21. The van der Waals surface area contributed by atoms with Gasteiger partial charge in [0.2, 0.25) is 0 Å². The van der Waals surface area contributed by atoms with E-state index in [0.717, 1.165) is 238 Å². The van der Waals surface area contributed by atoms with E-state index < -0.39 is 0 Å². The molecule has 0 bridgehead atoms. The van der Waals surface area contributed by atoms with Gasteiger partial charge in [-0.15, -0.1) is 0 Å². The molecule has 0 saturated heterocycles. The molecule has 662 valence electrons. The third-order valence-corrected chi connectivity index (χ3v) is 27.7. The average Bonchev–Trinajstić information content (AvgIpc) is 1.39. The summed E-state index contributed by atoms with van der Waals surface area (Å²) in [6.07, 6.45) is 0. The maximum absolute atomic E-state index is 6.26. The van der Waals surface area contributed by atoms with Gasteiger partial charge in [0.05, 0.1) is 67.3 Å². The third-order valence-electron chi connectivity index (χ3n) is 27.7. The second-order valence-electron chi connectivity index (χ2n) is 36.0. The van der Waals surface area contributed by atoms with E-state index in [1.165, 1.54) is 49.7 Å². The van der Waals surface area contributed by atoms with E-state index in [4.69, 9.17) is 47.6 Å². The van der Waals surface area contributed by atoms with Crippen LogP contribution < -0.4 is 0 Å². The van der Waals surface area contributed by atoms with Crippen LogP contribution in [0.3, 0.4) is 0 Å². The Labute approximate surface area is 814 Å². The number of hydrogen-bond acceptors (Lipinski definition) is 10. The van der Waals surface area contributed by atoms with Gasteiger partial charge in [0.1, 0.15) is 44.7 Å². The van der Waals surface area contributed by atoms with Crippen LogP contribution in [0.2, 0.25) is 0 Å². The summed E-state index contributed by atoms with van der Waals surface area (Å²) in [7, 11) is 0. The lowest BCUT2D eigenvalue weighted by Crippen LogP contribution is -1.96. The van der Waals surface area contributed by atoms with Gasteiger partial charge in [0.15, 0.2) is 0 Å². The topological polar surface area (TPSA) is 130 Å². The first-order valence-electron chi connectivity index (χ1n) is 47.8. The predicted molar refractivity (Wildman–Crippen MR) is 585 cm³/mol. The lowest BCUT2D eigenvalue weighted by molar-refractivity contribution is 0.668. The van der Waals surface area contributed by atoms with Crippen molar-refractivity contribution >= 4 is 153 Å². The molecule has 0 aliphatic heterocycles. The predicted octanol–water partition coefficient (Wildman–Crippen LogP) is 36.0. The van der Waals surface area contributed by atoms with Gasteiger partial charge >= 0.3 is 0 Å². The second-order valence-corrected chi connectivity index (χ2v) is 36.0.